The number of aliphatic carboxylic acids is 1. The number of ether oxygens (including phenoxy) is 2. The Morgan fingerprint density at radius 2 is 1.86 bits per heavy atom. The van der Waals surface area contributed by atoms with Gasteiger partial charge in [-0.1, -0.05) is 36.4 Å². The van der Waals surface area contributed by atoms with E-state index in [-0.39, 0.29) is 6.42 Å². The number of methoxy groups -OCH3 is 2. The first-order valence-electron chi connectivity index (χ1n) is 8.82. The summed E-state index contributed by atoms with van der Waals surface area (Å²) in [5, 5.41) is 13.2. The van der Waals surface area contributed by atoms with E-state index in [1.807, 2.05) is 48.5 Å². The first-order chi connectivity index (χ1) is 13.6. The van der Waals surface area contributed by atoms with Crippen LogP contribution >= 0.6 is 11.3 Å². The minimum atomic E-state index is -0.863. The van der Waals surface area contributed by atoms with Crippen molar-refractivity contribution >= 4 is 22.4 Å². The van der Waals surface area contributed by atoms with Gasteiger partial charge in [0, 0.05) is 17.0 Å². The second kappa shape index (κ2) is 9.23. The maximum atomic E-state index is 11.2. The van der Waals surface area contributed by atoms with Gasteiger partial charge in [0.1, 0.15) is 0 Å². The van der Waals surface area contributed by atoms with E-state index in [1.54, 1.807) is 14.2 Å². The highest BCUT2D eigenvalue weighted by molar-refractivity contribution is 7.16. The molecule has 2 N–H and O–H groups in total. The summed E-state index contributed by atoms with van der Waals surface area (Å²) in [4.78, 5) is 16.6. The fourth-order valence-corrected chi connectivity index (χ4v) is 3.86. The summed E-state index contributed by atoms with van der Waals surface area (Å²) in [6.07, 6.45) is 0.730. The van der Waals surface area contributed by atoms with E-state index in [0.717, 1.165) is 33.3 Å². The van der Waals surface area contributed by atoms with Gasteiger partial charge in [0.2, 0.25) is 0 Å². The Kier molecular flexibility index (Phi) is 6.49. The molecule has 0 aliphatic heterocycles. The van der Waals surface area contributed by atoms with Gasteiger partial charge < -0.3 is 19.9 Å². The zero-order valence-electron chi connectivity index (χ0n) is 15.8. The van der Waals surface area contributed by atoms with Gasteiger partial charge in [0.15, 0.2) is 16.6 Å². The molecule has 0 radical (unpaired) electrons. The molecule has 0 amide bonds. The SMILES string of the molecule is COc1ccc(CCNc2nc(-c3ccccc3)c(CC(=O)O)s2)cc1OC. The lowest BCUT2D eigenvalue weighted by Crippen LogP contribution is -2.05. The zero-order chi connectivity index (χ0) is 19.9. The molecule has 0 unspecified atom stereocenters. The smallest absolute Gasteiger partial charge is 0.308 e. The van der Waals surface area contributed by atoms with Crippen LogP contribution in [0.15, 0.2) is 48.5 Å². The number of hydrogen-bond donors (Lipinski definition) is 2. The topological polar surface area (TPSA) is 80.7 Å². The molecule has 0 saturated carbocycles. The van der Waals surface area contributed by atoms with Crippen molar-refractivity contribution in [2.24, 2.45) is 0 Å². The summed E-state index contributed by atoms with van der Waals surface area (Å²) in [6, 6.07) is 15.5. The molecule has 0 fully saturated rings. The van der Waals surface area contributed by atoms with Crippen LogP contribution in [-0.2, 0) is 17.6 Å². The zero-order valence-corrected chi connectivity index (χ0v) is 16.6. The van der Waals surface area contributed by atoms with Gasteiger partial charge in [-0.2, -0.15) is 0 Å². The highest BCUT2D eigenvalue weighted by Crippen LogP contribution is 2.32. The molecule has 0 spiro atoms. The minimum absolute atomic E-state index is 0.0424. The molecule has 0 aliphatic carbocycles. The number of thiazole rings is 1. The van der Waals surface area contributed by atoms with Crippen LogP contribution in [0, 0.1) is 0 Å². The second-order valence-corrected chi connectivity index (χ2v) is 7.18. The number of benzene rings is 2. The number of nitrogens with zero attached hydrogens (tertiary/aromatic N) is 1. The fraction of sp³-hybridized carbons (Fsp3) is 0.238. The molecule has 2 aromatic carbocycles. The molecule has 146 valence electrons. The number of aromatic nitrogens is 1. The van der Waals surface area contributed by atoms with Crippen molar-refractivity contribution < 1.29 is 19.4 Å². The number of carboxylic acids is 1. The molecule has 3 aromatic rings. The number of anilines is 1. The van der Waals surface area contributed by atoms with Crippen LogP contribution in [0.5, 0.6) is 11.5 Å². The van der Waals surface area contributed by atoms with Gasteiger partial charge in [0.05, 0.1) is 26.3 Å². The van der Waals surface area contributed by atoms with E-state index < -0.39 is 5.97 Å². The minimum Gasteiger partial charge on any atom is -0.493 e. The van der Waals surface area contributed by atoms with Crippen LogP contribution in [0.1, 0.15) is 10.4 Å². The third kappa shape index (κ3) is 4.80. The Labute approximate surface area is 167 Å². The third-order valence-electron chi connectivity index (χ3n) is 4.19. The van der Waals surface area contributed by atoms with Crippen LogP contribution in [-0.4, -0.2) is 36.8 Å². The van der Waals surface area contributed by atoms with Crippen LogP contribution in [0.3, 0.4) is 0 Å². The van der Waals surface area contributed by atoms with Gasteiger partial charge in [-0.3, -0.25) is 4.79 Å². The van der Waals surface area contributed by atoms with E-state index in [9.17, 15) is 9.90 Å². The van der Waals surface area contributed by atoms with E-state index in [4.69, 9.17) is 9.47 Å². The number of carbonyl (C=O) groups is 1. The summed E-state index contributed by atoms with van der Waals surface area (Å²) in [6.45, 7) is 0.670. The summed E-state index contributed by atoms with van der Waals surface area (Å²) in [5.74, 6) is 0.534. The van der Waals surface area contributed by atoms with Crippen molar-refractivity contribution in [3.63, 3.8) is 0 Å². The summed E-state index contributed by atoms with van der Waals surface area (Å²) in [7, 11) is 3.23. The number of hydrogen-bond acceptors (Lipinski definition) is 6. The average Bonchev–Trinajstić information content (AvgIpc) is 3.10. The third-order valence-corrected chi connectivity index (χ3v) is 5.21. The molecule has 7 heteroatoms. The lowest BCUT2D eigenvalue weighted by atomic mass is 10.1. The van der Waals surface area contributed by atoms with Crippen LogP contribution < -0.4 is 14.8 Å². The lowest BCUT2D eigenvalue weighted by Gasteiger charge is -2.09. The van der Waals surface area contributed by atoms with Gasteiger partial charge in [-0.25, -0.2) is 4.98 Å². The second-order valence-electron chi connectivity index (χ2n) is 6.09. The van der Waals surface area contributed by atoms with E-state index in [1.165, 1.54) is 11.3 Å². The van der Waals surface area contributed by atoms with Gasteiger partial charge in [0.25, 0.3) is 0 Å². The first kappa shape index (κ1) is 19.7. The van der Waals surface area contributed by atoms with Gasteiger partial charge in [-0.05, 0) is 24.1 Å². The molecule has 0 saturated heterocycles. The maximum absolute atomic E-state index is 11.2. The predicted molar refractivity (Wildman–Crippen MR) is 111 cm³/mol. The lowest BCUT2D eigenvalue weighted by molar-refractivity contribution is -0.136. The molecule has 6 nitrogen and oxygen atoms in total. The Morgan fingerprint density at radius 3 is 2.54 bits per heavy atom. The van der Waals surface area contributed by atoms with E-state index in [0.29, 0.717) is 18.0 Å². The average molecular weight is 398 g/mol. The molecule has 0 atom stereocenters. The number of rotatable bonds is 9. The number of nitrogens with one attached hydrogen (secondary N) is 1. The van der Waals surface area contributed by atoms with Crippen LogP contribution in [0.4, 0.5) is 5.13 Å². The normalized spacial score (nSPS) is 10.5. The monoisotopic (exact) mass is 398 g/mol. The highest BCUT2D eigenvalue weighted by atomic mass is 32.1. The van der Waals surface area contributed by atoms with E-state index in [2.05, 4.69) is 10.3 Å². The maximum Gasteiger partial charge on any atom is 0.308 e. The van der Waals surface area contributed by atoms with Crippen molar-refractivity contribution in [1.82, 2.24) is 4.98 Å². The largest absolute Gasteiger partial charge is 0.493 e. The van der Waals surface area contributed by atoms with Crippen LogP contribution in [0.25, 0.3) is 11.3 Å². The Bertz CT molecular complexity index is 941. The molecule has 1 heterocycles. The quantitative estimate of drug-likeness (QED) is 0.565. The van der Waals surface area contributed by atoms with Gasteiger partial charge in [-0.15, -0.1) is 11.3 Å². The standard InChI is InChI=1S/C21H22N2O4S/c1-26-16-9-8-14(12-17(16)27-2)10-11-22-21-23-20(15-6-4-3-5-7-15)18(28-21)13-19(24)25/h3-9,12H,10-11,13H2,1-2H3,(H,22,23)(H,24,25). The summed E-state index contributed by atoms with van der Waals surface area (Å²) in [5.41, 5.74) is 2.75. The summed E-state index contributed by atoms with van der Waals surface area (Å²) >= 11 is 1.38. The van der Waals surface area contributed by atoms with E-state index >= 15 is 0 Å². The molecular weight excluding hydrogens is 376 g/mol. The fourth-order valence-electron chi connectivity index (χ4n) is 2.86. The first-order valence-corrected chi connectivity index (χ1v) is 9.64. The number of carboxylic acid groups (broad SMARTS) is 1. The summed E-state index contributed by atoms with van der Waals surface area (Å²) < 4.78 is 10.6. The molecule has 28 heavy (non-hydrogen) atoms. The molecular formula is C21H22N2O4S. The van der Waals surface area contributed by atoms with Crippen molar-refractivity contribution in [3.8, 4) is 22.8 Å². The van der Waals surface area contributed by atoms with Gasteiger partial charge >= 0.3 is 5.97 Å². The van der Waals surface area contributed by atoms with Crippen LogP contribution in [0.2, 0.25) is 0 Å². The molecule has 3 rings (SSSR count). The highest BCUT2D eigenvalue weighted by Gasteiger charge is 2.15. The Morgan fingerprint density at radius 1 is 1.11 bits per heavy atom. The Balaban J connectivity index is 1.71. The molecule has 1 aromatic heterocycles. The molecule has 0 aliphatic rings. The van der Waals surface area contributed by atoms with Crippen molar-refractivity contribution in [1.29, 1.82) is 0 Å². The van der Waals surface area contributed by atoms with Crippen molar-refractivity contribution in [3.05, 3.63) is 59.0 Å². The van der Waals surface area contributed by atoms with Crippen molar-refractivity contribution in [2.45, 2.75) is 12.8 Å². The van der Waals surface area contributed by atoms with Crippen molar-refractivity contribution in [2.75, 3.05) is 26.1 Å². The predicted octanol–water partition coefficient (Wildman–Crippen LogP) is 4.11. The Hall–Kier alpha value is -3.06. The molecule has 0 bridgehead atoms.